The summed E-state index contributed by atoms with van der Waals surface area (Å²) in [5, 5.41) is 6.02. The summed E-state index contributed by atoms with van der Waals surface area (Å²) in [7, 11) is 0. The first-order valence-electron chi connectivity index (χ1n) is 7.58. The maximum Gasteiger partial charge on any atom is 0.240 e. The predicted molar refractivity (Wildman–Crippen MR) is 93.6 cm³/mol. The first-order chi connectivity index (χ1) is 11.8. The molecule has 3 aromatic heterocycles. The second kappa shape index (κ2) is 6.33. The SMILES string of the molecule is O=C(Cn1c(-c2cccs2)cc2ccccc21)NCc1ncco1. The molecule has 0 saturated heterocycles. The van der Waals surface area contributed by atoms with Crippen molar-refractivity contribution in [2.75, 3.05) is 0 Å². The monoisotopic (exact) mass is 337 g/mol. The van der Waals surface area contributed by atoms with Crippen LogP contribution >= 0.6 is 11.3 Å². The average Bonchev–Trinajstić information content (AvgIpc) is 3.34. The second-order valence-electron chi connectivity index (χ2n) is 5.35. The van der Waals surface area contributed by atoms with Gasteiger partial charge in [0.1, 0.15) is 12.8 Å². The van der Waals surface area contributed by atoms with Crippen molar-refractivity contribution in [2.24, 2.45) is 0 Å². The summed E-state index contributed by atoms with van der Waals surface area (Å²) in [4.78, 5) is 17.5. The maximum absolute atomic E-state index is 12.4. The zero-order valence-corrected chi connectivity index (χ0v) is 13.6. The molecule has 4 rings (SSSR count). The topological polar surface area (TPSA) is 60.1 Å². The molecule has 1 N–H and O–H groups in total. The molecule has 24 heavy (non-hydrogen) atoms. The van der Waals surface area contributed by atoms with E-state index in [2.05, 4.69) is 28.5 Å². The van der Waals surface area contributed by atoms with Crippen LogP contribution in [0.2, 0.25) is 0 Å². The van der Waals surface area contributed by atoms with Crippen molar-refractivity contribution in [3.63, 3.8) is 0 Å². The molecule has 3 heterocycles. The number of oxazole rings is 1. The van der Waals surface area contributed by atoms with Crippen molar-refractivity contribution < 1.29 is 9.21 Å². The van der Waals surface area contributed by atoms with Gasteiger partial charge in [0.15, 0.2) is 0 Å². The number of carbonyl (C=O) groups is 1. The fourth-order valence-corrected chi connectivity index (χ4v) is 3.47. The number of hydrogen-bond acceptors (Lipinski definition) is 4. The molecule has 120 valence electrons. The number of rotatable bonds is 5. The number of nitrogens with one attached hydrogen (secondary N) is 1. The summed E-state index contributed by atoms with van der Waals surface area (Å²) in [6.45, 7) is 0.542. The third-order valence-corrected chi connectivity index (χ3v) is 4.70. The van der Waals surface area contributed by atoms with Crippen molar-refractivity contribution in [3.8, 4) is 10.6 Å². The fourth-order valence-electron chi connectivity index (χ4n) is 2.72. The van der Waals surface area contributed by atoms with Crippen LogP contribution in [0.25, 0.3) is 21.5 Å². The Hall–Kier alpha value is -2.86. The Labute approximate surface area is 142 Å². The van der Waals surface area contributed by atoms with E-state index >= 15 is 0 Å². The van der Waals surface area contributed by atoms with Gasteiger partial charge in [-0.25, -0.2) is 4.98 Å². The number of carbonyl (C=O) groups excluding carboxylic acids is 1. The van der Waals surface area contributed by atoms with E-state index < -0.39 is 0 Å². The molecule has 0 atom stereocenters. The number of amides is 1. The number of benzene rings is 1. The molecular weight excluding hydrogens is 322 g/mol. The molecular formula is C18H15N3O2S. The van der Waals surface area contributed by atoms with Gasteiger partial charge in [0.2, 0.25) is 11.8 Å². The van der Waals surface area contributed by atoms with Gasteiger partial charge in [0, 0.05) is 10.9 Å². The first-order valence-corrected chi connectivity index (χ1v) is 8.46. The zero-order chi connectivity index (χ0) is 16.4. The lowest BCUT2D eigenvalue weighted by Crippen LogP contribution is -2.27. The number of para-hydroxylation sites is 1. The summed E-state index contributed by atoms with van der Waals surface area (Å²) >= 11 is 1.67. The third kappa shape index (κ3) is 2.83. The Morgan fingerprint density at radius 2 is 2.17 bits per heavy atom. The predicted octanol–water partition coefficient (Wildman–Crippen LogP) is 3.67. The molecule has 1 amide bonds. The van der Waals surface area contributed by atoms with Gasteiger partial charge >= 0.3 is 0 Å². The van der Waals surface area contributed by atoms with Crippen LogP contribution in [0.3, 0.4) is 0 Å². The van der Waals surface area contributed by atoms with Crippen LogP contribution in [0.4, 0.5) is 0 Å². The molecule has 0 aliphatic rings. The largest absolute Gasteiger partial charge is 0.447 e. The van der Waals surface area contributed by atoms with E-state index in [0.29, 0.717) is 12.4 Å². The lowest BCUT2D eigenvalue weighted by atomic mass is 10.2. The van der Waals surface area contributed by atoms with E-state index in [9.17, 15) is 4.79 Å². The van der Waals surface area contributed by atoms with Gasteiger partial charge in [-0.3, -0.25) is 4.79 Å². The van der Waals surface area contributed by atoms with Crippen molar-refractivity contribution in [1.82, 2.24) is 14.9 Å². The maximum atomic E-state index is 12.4. The zero-order valence-electron chi connectivity index (χ0n) is 12.8. The molecule has 0 fully saturated rings. The molecule has 0 unspecified atom stereocenters. The highest BCUT2D eigenvalue weighted by Crippen LogP contribution is 2.31. The van der Waals surface area contributed by atoms with E-state index in [1.54, 1.807) is 17.5 Å². The number of fused-ring (bicyclic) bond motifs is 1. The molecule has 6 heteroatoms. The van der Waals surface area contributed by atoms with Crippen LogP contribution in [-0.4, -0.2) is 15.5 Å². The molecule has 0 aliphatic heterocycles. The molecule has 0 spiro atoms. The molecule has 4 aromatic rings. The summed E-state index contributed by atoms with van der Waals surface area (Å²) < 4.78 is 7.19. The number of thiophene rings is 1. The minimum absolute atomic E-state index is 0.0765. The van der Waals surface area contributed by atoms with Crippen molar-refractivity contribution in [2.45, 2.75) is 13.1 Å². The third-order valence-electron chi connectivity index (χ3n) is 3.81. The molecule has 0 aliphatic carbocycles. The lowest BCUT2D eigenvalue weighted by molar-refractivity contribution is -0.121. The van der Waals surface area contributed by atoms with E-state index in [0.717, 1.165) is 21.5 Å². The number of hydrogen-bond donors (Lipinski definition) is 1. The van der Waals surface area contributed by atoms with Gasteiger partial charge in [0.05, 0.1) is 23.3 Å². The number of aromatic nitrogens is 2. The molecule has 1 aromatic carbocycles. The number of nitrogens with zero attached hydrogens (tertiary/aromatic N) is 2. The molecule has 5 nitrogen and oxygen atoms in total. The van der Waals surface area contributed by atoms with Crippen LogP contribution in [0.1, 0.15) is 5.89 Å². The van der Waals surface area contributed by atoms with Crippen LogP contribution in [0.15, 0.2) is 64.7 Å². The minimum Gasteiger partial charge on any atom is -0.447 e. The molecule has 0 bridgehead atoms. The first kappa shape index (κ1) is 14.7. The van der Waals surface area contributed by atoms with Crippen molar-refractivity contribution in [1.29, 1.82) is 0 Å². The van der Waals surface area contributed by atoms with Gasteiger partial charge < -0.3 is 14.3 Å². The Kier molecular flexibility index (Phi) is 3.88. The highest BCUT2D eigenvalue weighted by molar-refractivity contribution is 7.13. The Bertz CT molecular complexity index is 956. The Morgan fingerprint density at radius 3 is 2.96 bits per heavy atom. The summed E-state index contributed by atoms with van der Waals surface area (Å²) in [6.07, 6.45) is 3.06. The van der Waals surface area contributed by atoms with Gasteiger partial charge in [-0.1, -0.05) is 24.3 Å². The average molecular weight is 337 g/mol. The van der Waals surface area contributed by atoms with E-state index in [-0.39, 0.29) is 12.5 Å². The minimum atomic E-state index is -0.0765. The van der Waals surface area contributed by atoms with E-state index in [1.807, 2.05) is 34.2 Å². The van der Waals surface area contributed by atoms with Crippen LogP contribution in [0, 0.1) is 0 Å². The second-order valence-corrected chi connectivity index (χ2v) is 6.30. The lowest BCUT2D eigenvalue weighted by Gasteiger charge is -2.10. The summed E-state index contributed by atoms with van der Waals surface area (Å²) in [5.41, 5.74) is 2.10. The van der Waals surface area contributed by atoms with Crippen molar-refractivity contribution in [3.05, 3.63) is 66.2 Å². The smallest absolute Gasteiger partial charge is 0.240 e. The van der Waals surface area contributed by atoms with E-state index in [4.69, 9.17) is 4.42 Å². The normalized spacial score (nSPS) is 11.0. The summed E-state index contributed by atoms with van der Waals surface area (Å²) in [5.74, 6) is 0.423. The molecule has 0 saturated carbocycles. The fraction of sp³-hybridized carbons (Fsp3) is 0.111. The van der Waals surface area contributed by atoms with Crippen LogP contribution in [0.5, 0.6) is 0 Å². The highest BCUT2D eigenvalue weighted by Gasteiger charge is 2.14. The quantitative estimate of drug-likeness (QED) is 0.604. The van der Waals surface area contributed by atoms with Gasteiger partial charge in [-0.05, 0) is 23.6 Å². The standard InChI is InChI=1S/C18H15N3O2S/c22-17(20-11-18-19-7-8-23-18)12-21-14-5-2-1-4-13(14)10-15(21)16-6-3-9-24-16/h1-10H,11-12H2,(H,20,22). The Morgan fingerprint density at radius 1 is 1.25 bits per heavy atom. The van der Waals surface area contributed by atoms with Gasteiger partial charge in [-0.2, -0.15) is 0 Å². The van der Waals surface area contributed by atoms with Gasteiger partial charge in [-0.15, -0.1) is 11.3 Å². The van der Waals surface area contributed by atoms with E-state index in [1.165, 1.54) is 6.26 Å². The summed E-state index contributed by atoms with van der Waals surface area (Å²) in [6, 6.07) is 14.3. The van der Waals surface area contributed by atoms with Crippen molar-refractivity contribution >= 4 is 28.1 Å². The van der Waals surface area contributed by atoms with Gasteiger partial charge in [0.25, 0.3) is 0 Å². The van der Waals surface area contributed by atoms with Crippen LogP contribution in [-0.2, 0) is 17.9 Å². The highest BCUT2D eigenvalue weighted by atomic mass is 32.1. The Balaban J connectivity index is 1.62. The van der Waals surface area contributed by atoms with Crippen LogP contribution < -0.4 is 5.32 Å². The molecule has 0 radical (unpaired) electrons.